The Morgan fingerprint density at radius 2 is 2.11 bits per heavy atom. The number of hydrogen-bond acceptors (Lipinski definition) is 4. The minimum absolute atomic E-state index is 0.510. The number of hydrogen-bond donors (Lipinski definition) is 1. The molecule has 1 N–H and O–H groups in total. The third-order valence-electron chi connectivity index (χ3n) is 2.53. The van der Waals surface area contributed by atoms with Crippen LogP contribution in [-0.2, 0) is 21.8 Å². The molecule has 0 aliphatic rings. The number of aromatic nitrogens is 2. The van der Waals surface area contributed by atoms with E-state index in [1.54, 1.807) is 0 Å². The van der Waals surface area contributed by atoms with Crippen LogP contribution in [0.15, 0.2) is 24.3 Å². The molecule has 1 rings (SSSR count). The van der Waals surface area contributed by atoms with Crippen LogP contribution in [0.3, 0.4) is 0 Å². The molecule has 0 aliphatic carbocycles. The molecule has 0 radical (unpaired) electrons. The number of nitrogens with one attached hydrogen (secondary N) is 1. The summed E-state index contributed by atoms with van der Waals surface area (Å²) in [6.45, 7) is 4.78. The molecule has 1 aromatic heterocycles. The largest absolute Gasteiger partial charge is 0.325 e. The summed E-state index contributed by atoms with van der Waals surface area (Å²) >= 11 is 8.83. The van der Waals surface area contributed by atoms with Crippen molar-refractivity contribution in [2.45, 2.75) is 32.2 Å². The maximum absolute atomic E-state index is 10.9. The lowest BCUT2D eigenvalue weighted by molar-refractivity contribution is 0.335. The van der Waals surface area contributed by atoms with Crippen molar-refractivity contribution in [3.05, 3.63) is 33.7 Å². The Kier molecular flexibility index (Phi) is 8.04. The molecule has 1 aromatic rings. The van der Waals surface area contributed by atoms with Gasteiger partial charge in [0.15, 0.2) is 15.9 Å². The molecule has 0 bridgehead atoms. The topological polar surface area (TPSA) is 47.0 Å². The summed E-state index contributed by atoms with van der Waals surface area (Å²) in [6.07, 6.45) is 6.00. The van der Waals surface area contributed by atoms with E-state index in [1.165, 1.54) is 5.41 Å². The van der Waals surface area contributed by atoms with Gasteiger partial charge in [-0.3, -0.25) is 4.18 Å². The van der Waals surface area contributed by atoms with Crippen LogP contribution in [0, 0.1) is 9.41 Å². The molecule has 0 spiro atoms. The van der Waals surface area contributed by atoms with Crippen molar-refractivity contribution < 1.29 is 8.39 Å². The lowest BCUT2D eigenvalue weighted by atomic mass is 10.2. The molecule has 0 aromatic carbocycles. The van der Waals surface area contributed by atoms with Gasteiger partial charge in [0.1, 0.15) is 4.64 Å². The number of aromatic amines is 1. The first-order valence-electron chi connectivity index (χ1n) is 6.09. The van der Waals surface area contributed by atoms with Gasteiger partial charge >= 0.3 is 0 Å². The zero-order chi connectivity index (χ0) is 14.1. The Labute approximate surface area is 126 Å². The first-order chi connectivity index (χ1) is 9.13. The SMILES string of the molecule is C=CS(=O)OCCCCCCn1ccc(=S)[nH]c1=S. The summed E-state index contributed by atoms with van der Waals surface area (Å²) in [5, 5.41) is 1.29. The van der Waals surface area contributed by atoms with Crippen LogP contribution in [-0.4, -0.2) is 20.4 Å². The summed E-state index contributed by atoms with van der Waals surface area (Å²) < 4.78 is 19.2. The lowest BCUT2D eigenvalue weighted by Crippen LogP contribution is -2.02. The number of rotatable bonds is 9. The van der Waals surface area contributed by atoms with Gasteiger partial charge in [-0.05, 0) is 31.1 Å². The van der Waals surface area contributed by atoms with Gasteiger partial charge in [0.05, 0.1) is 6.61 Å². The van der Waals surface area contributed by atoms with E-state index in [0.717, 1.165) is 32.2 Å². The second-order valence-electron chi connectivity index (χ2n) is 3.97. The highest BCUT2D eigenvalue weighted by molar-refractivity contribution is 7.83. The first kappa shape index (κ1) is 16.4. The monoisotopic (exact) mass is 318 g/mol. The highest BCUT2D eigenvalue weighted by Crippen LogP contribution is 2.04. The van der Waals surface area contributed by atoms with E-state index in [1.807, 2.05) is 16.8 Å². The van der Waals surface area contributed by atoms with Gasteiger partial charge < -0.3 is 9.55 Å². The molecule has 106 valence electrons. The first-order valence-corrected chi connectivity index (χ1v) is 8.05. The summed E-state index contributed by atoms with van der Waals surface area (Å²) in [6, 6.07) is 1.84. The van der Waals surface area contributed by atoms with Crippen molar-refractivity contribution >= 4 is 35.5 Å². The average Bonchev–Trinajstić information content (AvgIpc) is 2.39. The minimum atomic E-state index is -1.34. The van der Waals surface area contributed by atoms with Gasteiger partial charge in [-0.15, -0.1) is 0 Å². The van der Waals surface area contributed by atoms with Gasteiger partial charge in [0, 0.05) is 18.1 Å². The van der Waals surface area contributed by atoms with Crippen molar-refractivity contribution in [3.8, 4) is 0 Å². The standard InChI is InChI=1S/C12H18N2O2S3/c1-2-19(15)16-10-6-4-3-5-8-14-9-7-11(17)13-12(14)18/h2,7,9H,1,3-6,8,10H2,(H,13,17,18). The van der Waals surface area contributed by atoms with Crippen LogP contribution in [0.25, 0.3) is 0 Å². The molecule has 0 saturated heterocycles. The average molecular weight is 318 g/mol. The van der Waals surface area contributed by atoms with Crippen LogP contribution in [0.4, 0.5) is 0 Å². The highest BCUT2D eigenvalue weighted by atomic mass is 32.2. The van der Waals surface area contributed by atoms with Gasteiger partial charge in [-0.25, -0.2) is 4.21 Å². The Hall–Kier alpha value is -0.630. The maximum Gasteiger partial charge on any atom is 0.181 e. The molecule has 1 unspecified atom stereocenters. The van der Waals surface area contributed by atoms with E-state index in [-0.39, 0.29) is 0 Å². The predicted molar refractivity (Wildman–Crippen MR) is 83.2 cm³/mol. The maximum atomic E-state index is 10.9. The molecular weight excluding hydrogens is 300 g/mol. The predicted octanol–water partition coefficient (Wildman–Crippen LogP) is 3.66. The number of nitrogens with zero attached hydrogens (tertiary/aromatic N) is 1. The fourth-order valence-electron chi connectivity index (χ4n) is 1.55. The normalized spacial score (nSPS) is 12.2. The zero-order valence-corrected chi connectivity index (χ0v) is 13.1. The molecular formula is C12H18N2O2S3. The zero-order valence-electron chi connectivity index (χ0n) is 10.7. The number of H-pyrrole nitrogens is 1. The fraction of sp³-hybridized carbons (Fsp3) is 0.500. The summed E-state index contributed by atoms with van der Waals surface area (Å²) in [5.41, 5.74) is 0. The Morgan fingerprint density at radius 3 is 2.79 bits per heavy atom. The number of aryl methyl sites for hydroxylation is 1. The summed E-state index contributed by atoms with van der Waals surface area (Å²) in [7, 11) is 0. The van der Waals surface area contributed by atoms with Crippen LogP contribution >= 0.6 is 24.4 Å². The van der Waals surface area contributed by atoms with Crippen molar-refractivity contribution in [3.63, 3.8) is 0 Å². The van der Waals surface area contributed by atoms with Gasteiger partial charge in [0.25, 0.3) is 0 Å². The van der Waals surface area contributed by atoms with E-state index in [4.69, 9.17) is 28.6 Å². The summed E-state index contributed by atoms with van der Waals surface area (Å²) in [4.78, 5) is 2.95. The smallest absolute Gasteiger partial charge is 0.181 e. The van der Waals surface area contributed by atoms with E-state index < -0.39 is 11.1 Å². The van der Waals surface area contributed by atoms with Gasteiger partial charge in [-0.1, -0.05) is 31.6 Å². The third-order valence-corrected chi connectivity index (χ3v) is 3.77. The molecule has 0 saturated carbocycles. The summed E-state index contributed by atoms with van der Waals surface area (Å²) in [5.74, 6) is 0. The van der Waals surface area contributed by atoms with Crippen molar-refractivity contribution in [2.24, 2.45) is 0 Å². The van der Waals surface area contributed by atoms with E-state index in [9.17, 15) is 4.21 Å². The van der Waals surface area contributed by atoms with E-state index in [0.29, 0.717) is 16.0 Å². The molecule has 4 nitrogen and oxygen atoms in total. The van der Waals surface area contributed by atoms with Crippen molar-refractivity contribution in [1.29, 1.82) is 0 Å². The van der Waals surface area contributed by atoms with Crippen molar-refractivity contribution in [1.82, 2.24) is 9.55 Å². The molecule has 19 heavy (non-hydrogen) atoms. The highest BCUT2D eigenvalue weighted by Gasteiger charge is 1.96. The third kappa shape index (κ3) is 6.91. The molecule has 7 heteroatoms. The van der Waals surface area contributed by atoms with E-state index >= 15 is 0 Å². The minimum Gasteiger partial charge on any atom is -0.325 e. The Morgan fingerprint density at radius 1 is 1.37 bits per heavy atom. The van der Waals surface area contributed by atoms with Gasteiger partial charge in [0.2, 0.25) is 0 Å². The second-order valence-corrected chi connectivity index (χ2v) is 5.88. The van der Waals surface area contributed by atoms with Crippen LogP contribution in [0.1, 0.15) is 25.7 Å². The Balaban J connectivity index is 2.14. The number of unbranched alkanes of at least 4 members (excludes halogenated alkanes) is 3. The van der Waals surface area contributed by atoms with E-state index in [2.05, 4.69) is 11.6 Å². The molecule has 0 aliphatic heterocycles. The molecule has 0 amide bonds. The fourth-order valence-corrected chi connectivity index (χ4v) is 2.41. The quantitative estimate of drug-likeness (QED) is 0.557. The lowest BCUT2D eigenvalue weighted by Gasteiger charge is -2.06. The molecule has 1 heterocycles. The Bertz CT molecular complexity index is 536. The van der Waals surface area contributed by atoms with Crippen molar-refractivity contribution in [2.75, 3.05) is 6.61 Å². The van der Waals surface area contributed by atoms with Gasteiger partial charge in [-0.2, -0.15) is 0 Å². The molecule has 1 atom stereocenters. The van der Waals surface area contributed by atoms with Crippen LogP contribution < -0.4 is 0 Å². The van der Waals surface area contributed by atoms with Crippen LogP contribution in [0.5, 0.6) is 0 Å². The van der Waals surface area contributed by atoms with Crippen LogP contribution in [0.2, 0.25) is 0 Å². The molecule has 0 fully saturated rings. The second kappa shape index (κ2) is 9.30.